The second-order valence-electron chi connectivity index (χ2n) is 6.63. The minimum atomic E-state index is -1.06. The molecule has 0 aliphatic heterocycles. The van der Waals surface area contributed by atoms with Gasteiger partial charge < -0.3 is 10.4 Å². The smallest absolute Gasteiger partial charge is 0.331 e. The number of amides is 1. The molecule has 0 bridgehead atoms. The van der Waals surface area contributed by atoms with Crippen molar-refractivity contribution in [3.05, 3.63) is 11.1 Å². The summed E-state index contributed by atoms with van der Waals surface area (Å²) in [5.41, 5.74) is 0.0644. The van der Waals surface area contributed by atoms with E-state index >= 15 is 0 Å². The highest BCUT2D eigenvalue weighted by molar-refractivity contribution is 6.01. The summed E-state index contributed by atoms with van der Waals surface area (Å²) >= 11 is 0. The fourth-order valence-corrected chi connectivity index (χ4v) is 2.10. The van der Waals surface area contributed by atoms with Gasteiger partial charge in [0.1, 0.15) is 0 Å². The quantitative estimate of drug-likeness (QED) is 0.759. The van der Waals surface area contributed by atoms with Crippen molar-refractivity contribution in [2.45, 2.75) is 60.4 Å². The highest BCUT2D eigenvalue weighted by atomic mass is 16.4. The number of carbonyl (C=O) groups excluding carboxylic acids is 1. The molecule has 0 fully saturated rings. The van der Waals surface area contributed by atoms with E-state index in [0.717, 1.165) is 6.42 Å². The third-order valence-corrected chi connectivity index (χ3v) is 2.65. The zero-order valence-electron chi connectivity index (χ0n) is 12.5. The first-order valence-corrected chi connectivity index (χ1v) is 6.09. The molecule has 0 aliphatic rings. The minimum absolute atomic E-state index is 0.0825. The molecule has 0 saturated carbocycles. The van der Waals surface area contributed by atoms with Crippen LogP contribution in [0.15, 0.2) is 11.1 Å². The Morgan fingerprint density at radius 2 is 1.44 bits per heavy atom. The van der Waals surface area contributed by atoms with E-state index in [0.29, 0.717) is 0 Å². The van der Waals surface area contributed by atoms with Crippen molar-refractivity contribution in [1.29, 1.82) is 0 Å². The second kappa shape index (κ2) is 5.55. The van der Waals surface area contributed by atoms with Gasteiger partial charge in [-0.2, -0.15) is 0 Å². The molecule has 2 N–H and O–H groups in total. The molecular weight excluding hydrogens is 230 g/mol. The number of rotatable bonds is 4. The summed E-state index contributed by atoms with van der Waals surface area (Å²) in [6, 6.07) is 0. The van der Waals surface area contributed by atoms with Gasteiger partial charge in [-0.15, -0.1) is 0 Å². The van der Waals surface area contributed by atoms with Crippen LogP contribution in [0.1, 0.15) is 54.9 Å². The summed E-state index contributed by atoms with van der Waals surface area (Å²) in [6.07, 6.45) is 0.811. The van der Waals surface area contributed by atoms with Crippen LogP contribution in [-0.4, -0.2) is 22.5 Å². The Kier molecular flexibility index (Phi) is 5.14. The summed E-state index contributed by atoms with van der Waals surface area (Å²) in [7, 11) is 0. The van der Waals surface area contributed by atoms with Crippen LogP contribution in [0.2, 0.25) is 0 Å². The Morgan fingerprint density at radius 3 is 1.78 bits per heavy atom. The molecule has 104 valence electrons. The van der Waals surface area contributed by atoms with Crippen molar-refractivity contribution in [3.8, 4) is 0 Å². The molecule has 1 amide bonds. The van der Waals surface area contributed by atoms with Crippen LogP contribution in [0.25, 0.3) is 0 Å². The maximum Gasteiger partial charge on any atom is 0.331 e. The predicted octanol–water partition coefficient (Wildman–Crippen LogP) is 2.74. The molecule has 0 atom stereocenters. The van der Waals surface area contributed by atoms with Crippen LogP contribution in [0.5, 0.6) is 0 Å². The van der Waals surface area contributed by atoms with E-state index in [9.17, 15) is 9.59 Å². The Bertz CT molecular complexity index is 373. The van der Waals surface area contributed by atoms with E-state index in [1.165, 1.54) is 13.8 Å². The van der Waals surface area contributed by atoms with E-state index < -0.39 is 5.97 Å². The van der Waals surface area contributed by atoms with Crippen LogP contribution >= 0.6 is 0 Å². The summed E-state index contributed by atoms with van der Waals surface area (Å²) in [4.78, 5) is 22.8. The van der Waals surface area contributed by atoms with E-state index in [4.69, 9.17) is 5.11 Å². The predicted molar refractivity (Wildman–Crippen MR) is 72.3 cm³/mol. The SMILES string of the molecule is C/C(C(=O)O)=C(\C)C(=O)NC(C)(C)CC(C)(C)C. The number of nitrogens with one attached hydrogen (secondary N) is 1. The Morgan fingerprint density at radius 1 is 1.00 bits per heavy atom. The first-order chi connectivity index (χ1) is 7.86. The van der Waals surface area contributed by atoms with Crippen LogP contribution in [0, 0.1) is 5.41 Å². The third kappa shape index (κ3) is 5.84. The zero-order valence-corrected chi connectivity index (χ0v) is 12.5. The average molecular weight is 255 g/mol. The molecule has 0 heterocycles. The fourth-order valence-electron chi connectivity index (χ4n) is 2.10. The molecule has 0 rings (SSSR count). The number of carboxylic acid groups (broad SMARTS) is 1. The van der Waals surface area contributed by atoms with Crippen LogP contribution in [-0.2, 0) is 9.59 Å². The van der Waals surface area contributed by atoms with Gasteiger partial charge in [-0.05, 0) is 39.5 Å². The summed E-state index contributed by atoms with van der Waals surface area (Å²) in [5.74, 6) is -1.37. The molecule has 18 heavy (non-hydrogen) atoms. The molecule has 4 nitrogen and oxygen atoms in total. The molecule has 0 saturated heterocycles. The van der Waals surface area contributed by atoms with E-state index in [1.54, 1.807) is 0 Å². The second-order valence-corrected chi connectivity index (χ2v) is 6.63. The normalized spacial score (nSPS) is 13.9. The van der Waals surface area contributed by atoms with Crippen molar-refractivity contribution in [3.63, 3.8) is 0 Å². The largest absolute Gasteiger partial charge is 0.478 e. The van der Waals surface area contributed by atoms with Gasteiger partial charge in [0.15, 0.2) is 0 Å². The Labute approximate surface area is 109 Å². The Balaban J connectivity index is 4.87. The van der Waals surface area contributed by atoms with E-state index in [1.807, 2.05) is 13.8 Å². The molecule has 0 aliphatic carbocycles. The monoisotopic (exact) mass is 255 g/mol. The lowest BCUT2D eigenvalue weighted by Gasteiger charge is -2.33. The average Bonchev–Trinajstić information content (AvgIpc) is 2.10. The van der Waals surface area contributed by atoms with Gasteiger partial charge in [0.25, 0.3) is 0 Å². The lowest BCUT2D eigenvalue weighted by molar-refractivity contribution is -0.133. The lowest BCUT2D eigenvalue weighted by atomic mass is 9.81. The molecule has 0 aromatic heterocycles. The van der Waals surface area contributed by atoms with Gasteiger partial charge in [0.2, 0.25) is 5.91 Å². The van der Waals surface area contributed by atoms with Gasteiger partial charge in [-0.1, -0.05) is 20.8 Å². The first-order valence-electron chi connectivity index (χ1n) is 6.09. The first kappa shape index (κ1) is 16.7. The van der Waals surface area contributed by atoms with Crippen LogP contribution in [0.4, 0.5) is 0 Å². The number of carboxylic acids is 1. The molecular formula is C14H25NO3. The molecule has 0 aromatic carbocycles. The van der Waals surface area contributed by atoms with E-state index in [-0.39, 0.29) is 28.0 Å². The van der Waals surface area contributed by atoms with Gasteiger partial charge in [0, 0.05) is 16.7 Å². The maximum absolute atomic E-state index is 12.0. The van der Waals surface area contributed by atoms with Crippen molar-refractivity contribution in [1.82, 2.24) is 5.32 Å². The zero-order chi connectivity index (χ0) is 14.7. The third-order valence-electron chi connectivity index (χ3n) is 2.65. The highest BCUT2D eigenvalue weighted by Gasteiger charge is 2.27. The van der Waals surface area contributed by atoms with Gasteiger partial charge in [-0.25, -0.2) is 4.79 Å². The van der Waals surface area contributed by atoms with E-state index in [2.05, 4.69) is 26.1 Å². The standard InChI is InChI=1S/C14H25NO3/c1-9(10(2)12(17)18)11(16)15-14(6,7)8-13(3,4)5/h8H2,1-7H3,(H,15,16)(H,17,18)/b10-9-. The Hall–Kier alpha value is -1.32. The summed E-state index contributed by atoms with van der Waals surface area (Å²) in [6.45, 7) is 13.2. The number of hydrogen-bond donors (Lipinski definition) is 2. The minimum Gasteiger partial charge on any atom is -0.478 e. The van der Waals surface area contributed by atoms with Crippen molar-refractivity contribution >= 4 is 11.9 Å². The van der Waals surface area contributed by atoms with Crippen molar-refractivity contribution in [2.24, 2.45) is 5.41 Å². The number of carbonyl (C=O) groups is 2. The molecule has 0 spiro atoms. The topological polar surface area (TPSA) is 66.4 Å². The van der Waals surface area contributed by atoms with Crippen molar-refractivity contribution < 1.29 is 14.7 Å². The lowest BCUT2D eigenvalue weighted by Crippen LogP contribution is -2.46. The van der Waals surface area contributed by atoms with Crippen LogP contribution in [0.3, 0.4) is 0 Å². The fraction of sp³-hybridized carbons (Fsp3) is 0.714. The summed E-state index contributed by atoms with van der Waals surface area (Å²) in [5, 5.41) is 11.7. The van der Waals surface area contributed by atoms with Crippen molar-refractivity contribution in [2.75, 3.05) is 0 Å². The van der Waals surface area contributed by atoms with Gasteiger partial charge in [-0.3, -0.25) is 4.79 Å². The number of aliphatic carboxylic acids is 1. The molecule has 0 unspecified atom stereocenters. The molecule has 4 heteroatoms. The number of hydrogen-bond acceptors (Lipinski definition) is 2. The molecule has 0 aromatic rings. The maximum atomic E-state index is 12.0. The molecule has 0 radical (unpaired) electrons. The van der Waals surface area contributed by atoms with Gasteiger partial charge >= 0.3 is 5.97 Å². The summed E-state index contributed by atoms with van der Waals surface area (Å²) < 4.78 is 0. The van der Waals surface area contributed by atoms with Gasteiger partial charge in [0.05, 0.1) is 0 Å². The highest BCUT2D eigenvalue weighted by Crippen LogP contribution is 2.27. The van der Waals surface area contributed by atoms with Crippen LogP contribution < -0.4 is 5.32 Å².